The monoisotopic (exact) mass is 258 g/mol. The summed E-state index contributed by atoms with van der Waals surface area (Å²) in [6.07, 6.45) is 3.58. The number of ether oxygens (including phenoxy) is 2. The largest absolute Gasteiger partial charge is 0.497 e. The Hall–Kier alpha value is -2.03. The van der Waals surface area contributed by atoms with Crippen LogP contribution in [0.3, 0.4) is 0 Å². The lowest BCUT2D eigenvalue weighted by molar-refractivity contribution is -0.134. The van der Waals surface area contributed by atoms with Crippen LogP contribution in [0.1, 0.15) is 18.4 Å². The molecule has 2 rings (SSSR count). The van der Waals surface area contributed by atoms with Gasteiger partial charge in [0.1, 0.15) is 5.76 Å². The van der Waals surface area contributed by atoms with Crippen molar-refractivity contribution in [2.75, 3.05) is 14.2 Å². The quantitative estimate of drug-likeness (QED) is 0.617. The van der Waals surface area contributed by atoms with Gasteiger partial charge in [-0.15, -0.1) is 0 Å². The maximum absolute atomic E-state index is 11.4. The number of allylic oxidation sites excluding steroid dienone is 2. The molecule has 100 valence electrons. The van der Waals surface area contributed by atoms with E-state index >= 15 is 0 Å². The molecule has 0 radical (unpaired) electrons. The SMILES string of the molecule is COC(=O)/C=C1/C(OC)=C[C@H](c2ccccc2)[C@H]1C. The second-order valence-corrected chi connectivity index (χ2v) is 4.58. The van der Waals surface area contributed by atoms with E-state index in [1.54, 1.807) is 7.11 Å². The van der Waals surface area contributed by atoms with Crippen LogP contribution in [0.4, 0.5) is 0 Å². The Morgan fingerprint density at radius 2 is 1.89 bits per heavy atom. The van der Waals surface area contributed by atoms with Crippen molar-refractivity contribution in [1.82, 2.24) is 0 Å². The topological polar surface area (TPSA) is 35.5 Å². The van der Waals surface area contributed by atoms with E-state index < -0.39 is 0 Å². The van der Waals surface area contributed by atoms with Crippen LogP contribution in [0.5, 0.6) is 0 Å². The fraction of sp³-hybridized carbons (Fsp3) is 0.312. The van der Waals surface area contributed by atoms with Crippen LogP contribution in [-0.2, 0) is 14.3 Å². The molecule has 3 nitrogen and oxygen atoms in total. The van der Waals surface area contributed by atoms with Crippen molar-refractivity contribution in [3.63, 3.8) is 0 Å². The van der Waals surface area contributed by atoms with E-state index in [0.29, 0.717) is 0 Å². The molecular weight excluding hydrogens is 240 g/mol. The zero-order valence-corrected chi connectivity index (χ0v) is 11.4. The lowest BCUT2D eigenvalue weighted by Gasteiger charge is -2.16. The third-order valence-corrected chi connectivity index (χ3v) is 3.52. The van der Waals surface area contributed by atoms with E-state index in [0.717, 1.165) is 11.3 Å². The first kappa shape index (κ1) is 13.4. The number of esters is 1. The van der Waals surface area contributed by atoms with E-state index in [9.17, 15) is 4.79 Å². The maximum Gasteiger partial charge on any atom is 0.330 e. The van der Waals surface area contributed by atoms with E-state index in [1.165, 1.54) is 18.7 Å². The van der Waals surface area contributed by atoms with Crippen LogP contribution in [0, 0.1) is 5.92 Å². The number of carbonyl (C=O) groups is 1. The van der Waals surface area contributed by atoms with Gasteiger partial charge in [0.05, 0.1) is 14.2 Å². The number of methoxy groups -OCH3 is 2. The predicted molar refractivity (Wildman–Crippen MR) is 73.5 cm³/mol. The van der Waals surface area contributed by atoms with Crippen LogP contribution in [0.2, 0.25) is 0 Å². The highest BCUT2D eigenvalue weighted by atomic mass is 16.5. The third-order valence-electron chi connectivity index (χ3n) is 3.52. The van der Waals surface area contributed by atoms with Crippen molar-refractivity contribution < 1.29 is 14.3 Å². The van der Waals surface area contributed by atoms with E-state index in [1.807, 2.05) is 18.2 Å². The van der Waals surface area contributed by atoms with Crippen molar-refractivity contribution in [3.05, 3.63) is 59.4 Å². The second kappa shape index (κ2) is 5.74. The molecule has 1 aromatic carbocycles. The molecule has 0 aliphatic heterocycles. The van der Waals surface area contributed by atoms with Crippen LogP contribution >= 0.6 is 0 Å². The molecule has 0 saturated heterocycles. The van der Waals surface area contributed by atoms with Gasteiger partial charge in [-0.05, 0) is 17.6 Å². The van der Waals surface area contributed by atoms with E-state index in [-0.39, 0.29) is 17.8 Å². The van der Waals surface area contributed by atoms with Gasteiger partial charge in [0.15, 0.2) is 0 Å². The smallest absolute Gasteiger partial charge is 0.330 e. The molecule has 0 heterocycles. The van der Waals surface area contributed by atoms with Crippen molar-refractivity contribution in [2.24, 2.45) is 5.92 Å². The average Bonchev–Trinajstić information content (AvgIpc) is 2.76. The minimum atomic E-state index is -0.349. The van der Waals surface area contributed by atoms with Crippen molar-refractivity contribution in [2.45, 2.75) is 12.8 Å². The first-order chi connectivity index (χ1) is 9.17. The molecule has 0 saturated carbocycles. The van der Waals surface area contributed by atoms with Crippen LogP contribution in [0.25, 0.3) is 0 Å². The number of benzene rings is 1. The average molecular weight is 258 g/mol. The Morgan fingerprint density at radius 1 is 1.21 bits per heavy atom. The van der Waals surface area contributed by atoms with Gasteiger partial charge in [0.25, 0.3) is 0 Å². The summed E-state index contributed by atoms with van der Waals surface area (Å²) in [5, 5.41) is 0. The normalized spacial score (nSPS) is 24.2. The van der Waals surface area contributed by atoms with Gasteiger partial charge < -0.3 is 9.47 Å². The predicted octanol–water partition coefficient (Wildman–Crippen LogP) is 3.05. The van der Waals surface area contributed by atoms with Crippen LogP contribution < -0.4 is 0 Å². The van der Waals surface area contributed by atoms with Crippen LogP contribution in [-0.4, -0.2) is 20.2 Å². The lowest BCUT2D eigenvalue weighted by Crippen LogP contribution is -2.07. The lowest BCUT2D eigenvalue weighted by atomic mass is 9.88. The Labute approximate surface area is 113 Å². The molecule has 0 aromatic heterocycles. The third kappa shape index (κ3) is 2.70. The Bertz CT molecular complexity index is 514. The van der Waals surface area contributed by atoms with Crippen LogP contribution in [0.15, 0.2) is 53.8 Å². The van der Waals surface area contributed by atoms with Crippen molar-refractivity contribution in [1.29, 1.82) is 0 Å². The summed E-state index contributed by atoms with van der Waals surface area (Å²) in [4.78, 5) is 11.4. The summed E-state index contributed by atoms with van der Waals surface area (Å²) in [6, 6.07) is 10.2. The van der Waals surface area contributed by atoms with Gasteiger partial charge in [0, 0.05) is 17.6 Å². The van der Waals surface area contributed by atoms with E-state index in [4.69, 9.17) is 9.47 Å². The number of hydrogen-bond acceptors (Lipinski definition) is 3. The molecule has 19 heavy (non-hydrogen) atoms. The standard InChI is InChI=1S/C16H18O3/c1-11-13(12-7-5-4-6-8-12)9-15(18-2)14(11)10-16(17)19-3/h4-11,13H,1-3H3/b14-10+/t11-,13+/m1/s1. The van der Waals surface area contributed by atoms with Gasteiger partial charge in [-0.25, -0.2) is 4.79 Å². The number of hydrogen-bond donors (Lipinski definition) is 0. The van der Waals surface area contributed by atoms with E-state index in [2.05, 4.69) is 25.1 Å². The minimum Gasteiger partial charge on any atom is -0.497 e. The molecule has 3 heteroatoms. The van der Waals surface area contributed by atoms with Gasteiger partial charge in [-0.1, -0.05) is 37.3 Å². The summed E-state index contributed by atoms with van der Waals surface area (Å²) < 4.78 is 10.1. The molecule has 0 fully saturated rings. The number of rotatable bonds is 3. The van der Waals surface area contributed by atoms with Crippen molar-refractivity contribution >= 4 is 5.97 Å². The zero-order valence-electron chi connectivity index (χ0n) is 11.4. The molecule has 2 atom stereocenters. The fourth-order valence-corrected chi connectivity index (χ4v) is 2.46. The molecule has 1 aliphatic rings. The molecule has 0 unspecified atom stereocenters. The van der Waals surface area contributed by atoms with Gasteiger partial charge >= 0.3 is 5.97 Å². The summed E-state index contributed by atoms with van der Waals surface area (Å²) >= 11 is 0. The van der Waals surface area contributed by atoms with Gasteiger partial charge in [-0.3, -0.25) is 0 Å². The Kier molecular flexibility index (Phi) is 4.05. The summed E-state index contributed by atoms with van der Waals surface area (Å²) in [5.41, 5.74) is 2.11. The molecule has 1 aromatic rings. The van der Waals surface area contributed by atoms with Gasteiger partial charge in [0.2, 0.25) is 0 Å². The summed E-state index contributed by atoms with van der Waals surface area (Å²) in [5.74, 6) is 0.828. The highest BCUT2D eigenvalue weighted by Gasteiger charge is 2.31. The summed E-state index contributed by atoms with van der Waals surface area (Å²) in [6.45, 7) is 2.09. The zero-order chi connectivity index (χ0) is 13.8. The molecule has 0 N–H and O–H groups in total. The first-order valence-electron chi connectivity index (χ1n) is 6.28. The molecule has 1 aliphatic carbocycles. The molecule has 0 spiro atoms. The molecule has 0 bridgehead atoms. The van der Waals surface area contributed by atoms with Crippen molar-refractivity contribution in [3.8, 4) is 0 Å². The minimum absolute atomic E-state index is 0.191. The summed E-state index contributed by atoms with van der Waals surface area (Å²) in [7, 11) is 3.00. The number of carbonyl (C=O) groups excluding carboxylic acids is 1. The second-order valence-electron chi connectivity index (χ2n) is 4.58. The highest BCUT2D eigenvalue weighted by molar-refractivity contribution is 5.84. The Balaban J connectivity index is 2.34. The van der Waals surface area contributed by atoms with Gasteiger partial charge in [-0.2, -0.15) is 0 Å². The fourth-order valence-electron chi connectivity index (χ4n) is 2.46. The highest BCUT2D eigenvalue weighted by Crippen LogP contribution is 2.41. The maximum atomic E-state index is 11.4. The first-order valence-corrected chi connectivity index (χ1v) is 6.28. The molecular formula is C16H18O3. The Morgan fingerprint density at radius 3 is 2.47 bits per heavy atom. The molecule has 0 amide bonds.